The van der Waals surface area contributed by atoms with Crippen molar-refractivity contribution in [2.24, 2.45) is 0 Å². The normalized spacial score (nSPS) is 11.1. The largest absolute Gasteiger partial charge is 0.493 e. The van der Waals surface area contributed by atoms with Crippen molar-refractivity contribution in [3.05, 3.63) is 54.6 Å². The Labute approximate surface area is 126 Å². The van der Waals surface area contributed by atoms with Crippen molar-refractivity contribution in [3.8, 4) is 5.75 Å². The molecule has 0 fully saturated rings. The van der Waals surface area contributed by atoms with Gasteiger partial charge in [-0.1, -0.05) is 56.5 Å². The van der Waals surface area contributed by atoms with E-state index in [1.807, 2.05) is 6.07 Å². The van der Waals surface area contributed by atoms with Gasteiger partial charge in [0.2, 0.25) is 0 Å². The summed E-state index contributed by atoms with van der Waals surface area (Å²) in [4.78, 5) is 0. The van der Waals surface area contributed by atoms with Crippen LogP contribution in [0.5, 0.6) is 5.75 Å². The van der Waals surface area contributed by atoms with Crippen molar-refractivity contribution in [1.82, 2.24) is 0 Å². The number of fused-ring (bicyclic) bond motifs is 2. The van der Waals surface area contributed by atoms with Crippen molar-refractivity contribution in [2.45, 2.75) is 32.6 Å². The van der Waals surface area contributed by atoms with Gasteiger partial charge in [0.15, 0.2) is 0 Å². The van der Waals surface area contributed by atoms with E-state index in [0.717, 1.165) is 24.2 Å². The van der Waals surface area contributed by atoms with Gasteiger partial charge in [0.05, 0.1) is 6.61 Å². The first-order valence-electron chi connectivity index (χ1n) is 7.84. The standard InChI is InChI=1S/C20H21O/c1-2-3-4-7-12-21-20-11-10-18-13-16-8-5-6-9-17(16)14-19(18)15-20/h5-6,8-11,13-14H,2-4,7,12H2,1H3. The van der Waals surface area contributed by atoms with Gasteiger partial charge in [-0.15, -0.1) is 0 Å². The highest BCUT2D eigenvalue weighted by Gasteiger charge is 2.01. The van der Waals surface area contributed by atoms with E-state index in [0.29, 0.717) is 0 Å². The van der Waals surface area contributed by atoms with E-state index >= 15 is 0 Å². The Hall–Kier alpha value is -2.02. The van der Waals surface area contributed by atoms with E-state index in [1.165, 1.54) is 35.4 Å². The monoisotopic (exact) mass is 277 g/mol. The van der Waals surface area contributed by atoms with Gasteiger partial charge in [0.1, 0.15) is 5.75 Å². The van der Waals surface area contributed by atoms with Crippen LogP contribution in [0.4, 0.5) is 0 Å². The first-order chi connectivity index (χ1) is 10.4. The van der Waals surface area contributed by atoms with E-state index in [-0.39, 0.29) is 0 Å². The number of rotatable bonds is 6. The summed E-state index contributed by atoms with van der Waals surface area (Å²) in [5, 5.41) is 4.86. The molecule has 3 rings (SSSR count). The van der Waals surface area contributed by atoms with Crippen molar-refractivity contribution in [2.75, 3.05) is 6.61 Å². The highest BCUT2D eigenvalue weighted by molar-refractivity contribution is 5.98. The molecule has 0 aliphatic carbocycles. The Morgan fingerprint density at radius 3 is 2.48 bits per heavy atom. The molecule has 1 heteroatoms. The predicted molar refractivity (Wildman–Crippen MR) is 89.9 cm³/mol. The van der Waals surface area contributed by atoms with Crippen molar-refractivity contribution in [1.29, 1.82) is 0 Å². The Morgan fingerprint density at radius 2 is 1.67 bits per heavy atom. The molecule has 0 heterocycles. The SMILES string of the molecule is CCCCCCOc1[c]c2cc3ccccc3cc2cc1. The first-order valence-corrected chi connectivity index (χ1v) is 7.84. The second kappa shape index (κ2) is 6.62. The van der Waals surface area contributed by atoms with Crippen LogP contribution in [0.2, 0.25) is 0 Å². The molecule has 1 radical (unpaired) electrons. The lowest BCUT2D eigenvalue weighted by Gasteiger charge is -2.07. The minimum atomic E-state index is 0.787. The summed E-state index contributed by atoms with van der Waals surface area (Å²) in [6, 6.07) is 20.4. The van der Waals surface area contributed by atoms with Crippen molar-refractivity contribution < 1.29 is 4.74 Å². The van der Waals surface area contributed by atoms with Gasteiger partial charge in [-0.3, -0.25) is 0 Å². The zero-order valence-electron chi connectivity index (χ0n) is 12.6. The first kappa shape index (κ1) is 13.9. The number of ether oxygens (including phenoxy) is 1. The molecule has 0 bridgehead atoms. The minimum Gasteiger partial charge on any atom is -0.493 e. The summed E-state index contributed by atoms with van der Waals surface area (Å²) in [5.74, 6) is 0.856. The molecule has 1 nitrogen and oxygen atoms in total. The molecule has 0 saturated heterocycles. The maximum absolute atomic E-state index is 5.82. The molecule has 0 amide bonds. The molecular weight excluding hydrogens is 256 g/mol. The van der Waals surface area contributed by atoms with Crippen LogP contribution in [0, 0.1) is 6.07 Å². The van der Waals surface area contributed by atoms with Crippen LogP contribution >= 0.6 is 0 Å². The average Bonchev–Trinajstić information content (AvgIpc) is 2.52. The highest BCUT2D eigenvalue weighted by Crippen LogP contribution is 2.25. The zero-order valence-corrected chi connectivity index (χ0v) is 12.6. The molecule has 0 unspecified atom stereocenters. The summed E-state index contributed by atoms with van der Waals surface area (Å²) in [6.07, 6.45) is 4.91. The second-order valence-corrected chi connectivity index (χ2v) is 5.52. The maximum atomic E-state index is 5.82. The summed E-state index contributed by atoms with van der Waals surface area (Å²) in [7, 11) is 0. The molecule has 21 heavy (non-hydrogen) atoms. The van der Waals surface area contributed by atoms with Crippen LogP contribution in [0.15, 0.2) is 48.5 Å². The van der Waals surface area contributed by atoms with E-state index in [1.54, 1.807) is 0 Å². The topological polar surface area (TPSA) is 9.23 Å². The Kier molecular flexibility index (Phi) is 4.40. The lowest BCUT2D eigenvalue weighted by atomic mass is 10.0. The van der Waals surface area contributed by atoms with Gasteiger partial charge in [0, 0.05) is 6.07 Å². The van der Waals surface area contributed by atoms with Crippen LogP contribution < -0.4 is 4.74 Å². The number of hydrogen-bond donors (Lipinski definition) is 0. The van der Waals surface area contributed by atoms with E-state index in [4.69, 9.17) is 4.74 Å². The molecule has 0 aliphatic rings. The Morgan fingerprint density at radius 1 is 0.857 bits per heavy atom. The minimum absolute atomic E-state index is 0.787. The molecular formula is C20H21O. The van der Waals surface area contributed by atoms with Gasteiger partial charge in [-0.25, -0.2) is 0 Å². The molecule has 0 aliphatic heterocycles. The fraction of sp³-hybridized carbons (Fsp3) is 0.300. The number of unbranched alkanes of at least 4 members (excludes halogenated alkanes) is 3. The molecule has 0 spiro atoms. The quantitative estimate of drug-likeness (QED) is 0.411. The van der Waals surface area contributed by atoms with Crippen LogP contribution in [-0.2, 0) is 0 Å². The van der Waals surface area contributed by atoms with Gasteiger partial charge >= 0.3 is 0 Å². The molecule has 0 atom stereocenters. The molecule has 0 saturated carbocycles. The maximum Gasteiger partial charge on any atom is 0.127 e. The van der Waals surface area contributed by atoms with Crippen LogP contribution in [-0.4, -0.2) is 6.61 Å². The smallest absolute Gasteiger partial charge is 0.127 e. The summed E-state index contributed by atoms with van der Waals surface area (Å²) in [6.45, 7) is 3.01. The summed E-state index contributed by atoms with van der Waals surface area (Å²) < 4.78 is 5.82. The zero-order chi connectivity index (χ0) is 14.5. The number of benzene rings is 3. The van der Waals surface area contributed by atoms with E-state index in [2.05, 4.69) is 55.5 Å². The molecule has 0 aromatic heterocycles. The van der Waals surface area contributed by atoms with Crippen molar-refractivity contribution >= 4 is 21.5 Å². The van der Waals surface area contributed by atoms with E-state index in [9.17, 15) is 0 Å². The fourth-order valence-corrected chi connectivity index (χ4v) is 2.64. The summed E-state index contributed by atoms with van der Waals surface area (Å²) >= 11 is 0. The predicted octanol–water partition coefficient (Wildman–Crippen LogP) is 5.75. The average molecular weight is 277 g/mol. The van der Waals surface area contributed by atoms with Gasteiger partial charge < -0.3 is 4.74 Å². The van der Waals surface area contributed by atoms with Crippen LogP contribution in [0.3, 0.4) is 0 Å². The third-order valence-corrected chi connectivity index (χ3v) is 3.85. The summed E-state index contributed by atoms with van der Waals surface area (Å²) in [5.41, 5.74) is 0. The number of hydrogen-bond acceptors (Lipinski definition) is 1. The third kappa shape index (κ3) is 3.36. The third-order valence-electron chi connectivity index (χ3n) is 3.85. The Balaban J connectivity index is 1.77. The van der Waals surface area contributed by atoms with Crippen LogP contribution in [0.1, 0.15) is 32.6 Å². The molecule has 3 aromatic carbocycles. The molecule has 0 N–H and O–H groups in total. The molecule has 3 aromatic rings. The van der Waals surface area contributed by atoms with Gasteiger partial charge in [-0.05, 0) is 46.2 Å². The van der Waals surface area contributed by atoms with Gasteiger partial charge in [-0.2, -0.15) is 0 Å². The van der Waals surface area contributed by atoms with Crippen LogP contribution in [0.25, 0.3) is 21.5 Å². The molecule has 107 valence electrons. The second-order valence-electron chi connectivity index (χ2n) is 5.52. The lowest BCUT2D eigenvalue weighted by molar-refractivity contribution is 0.305. The fourth-order valence-electron chi connectivity index (χ4n) is 2.64. The van der Waals surface area contributed by atoms with Crippen molar-refractivity contribution in [3.63, 3.8) is 0 Å². The Bertz CT molecular complexity index is 730. The van der Waals surface area contributed by atoms with Gasteiger partial charge in [0.25, 0.3) is 0 Å². The lowest BCUT2D eigenvalue weighted by Crippen LogP contribution is -1.97. The van der Waals surface area contributed by atoms with E-state index < -0.39 is 0 Å². The highest BCUT2D eigenvalue weighted by atomic mass is 16.5.